The van der Waals surface area contributed by atoms with Gasteiger partial charge in [-0.1, -0.05) is 26.0 Å². The van der Waals surface area contributed by atoms with E-state index in [-0.39, 0.29) is 30.1 Å². The van der Waals surface area contributed by atoms with Gasteiger partial charge >= 0.3 is 0 Å². The van der Waals surface area contributed by atoms with Gasteiger partial charge in [0.05, 0.1) is 19.3 Å². The molecular formula is C23H42IN3O3. The number of hydrogen-bond acceptors (Lipinski definition) is 4. The van der Waals surface area contributed by atoms with Gasteiger partial charge in [0.25, 0.3) is 0 Å². The van der Waals surface area contributed by atoms with E-state index in [1.807, 2.05) is 0 Å². The Kier molecular flexibility index (Phi) is 17.0. The first kappa shape index (κ1) is 28.9. The highest BCUT2D eigenvalue weighted by molar-refractivity contribution is 14.0. The van der Waals surface area contributed by atoms with Gasteiger partial charge in [-0.05, 0) is 50.7 Å². The predicted molar refractivity (Wildman–Crippen MR) is 136 cm³/mol. The van der Waals surface area contributed by atoms with E-state index in [0.29, 0.717) is 25.7 Å². The Morgan fingerprint density at radius 2 is 1.83 bits per heavy atom. The summed E-state index contributed by atoms with van der Waals surface area (Å²) in [4.78, 5) is 4.31. The fourth-order valence-electron chi connectivity index (χ4n) is 3.03. The third-order valence-electron chi connectivity index (χ3n) is 4.46. The van der Waals surface area contributed by atoms with E-state index in [4.69, 9.17) is 14.2 Å². The van der Waals surface area contributed by atoms with Crippen molar-refractivity contribution >= 4 is 29.9 Å². The minimum absolute atomic E-state index is 0. The van der Waals surface area contributed by atoms with Gasteiger partial charge in [0.15, 0.2) is 5.96 Å². The van der Waals surface area contributed by atoms with Crippen LogP contribution in [0.25, 0.3) is 0 Å². The second kappa shape index (κ2) is 17.6. The van der Waals surface area contributed by atoms with Crippen molar-refractivity contribution in [2.75, 3.05) is 40.5 Å². The normalized spacial score (nSPS) is 12.4. The van der Waals surface area contributed by atoms with Crippen molar-refractivity contribution in [1.82, 2.24) is 10.6 Å². The minimum atomic E-state index is 0. The monoisotopic (exact) mass is 535 g/mol. The Hall–Kier alpha value is -1.06. The quantitative estimate of drug-likeness (QED) is 0.159. The van der Waals surface area contributed by atoms with Gasteiger partial charge in [-0.25, -0.2) is 0 Å². The summed E-state index contributed by atoms with van der Waals surface area (Å²) in [5, 5.41) is 6.75. The number of aryl methyl sites for hydroxylation is 1. The molecule has 0 spiro atoms. The summed E-state index contributed by atoms with van der Waals surface area (Å²) in [6, 6.07) is 6.37. The van der Waals surface area contributed by atoms with Crippen LogP contribution in [-0.4, -0.2) is 52.6 Å². The number of guanidine groups is 1. The van der Waals surface area contributed by atoms with Crippen molar-refractivity contribution in [2.24, 2.45) is 10.9 Å². The topological polar surface area (TPSA) is 64.1 Å². The molecule has 0 aliphatic carbocycles. The molecule has 1 aromatic carbocycles. The zero-order chi connectivity index (χ0) is 21.5. The van der Waals surface area contributed by atoms with Crippen LogP contribution in [0.2, 0.25) is 0 Å². The van der Waals surface area contributed by atoms with Crippen molar-refractivity contribution < 1.29 is 14.2 Å². The van der Waals surface area contributed by atoms with Gasteiger partial charge in [0.2, 0.25) is 0 Å². The lowest BCUT2D eigenvalue weighted by molar-refractivity contribution is 0.0689. The summed E-state index contributed by atoms with van der Waals surface area (Å²) in [7, 11) is 3.48. The fourth-order valence-corrected chi connectivity index (χ4v) is 3.03. The van der Waals surface area contributed by atoms with E-state index in [0.717, 1.165) is 49.7 Å². The van der Waals surface area contributed by atoms with Crippen LogP contribution in [0.1, 0.15) is 51.2 Å². The van der Waals surface area contributed by atoms with Crippen LogP contribution in [0.5, 0.6) is 5.75 Å². The molecule has 1 unspecified atom stereocenters. The molecule has 2 N–H and O–H groups in total. The first-order chi connectivity index (χ1) is 14.0. The zero-order valence-corrected chi connectivity index (χ0v) is 22.0. The Balaban J connectivity index is 0.00000841. The molecule has 174 valence electrons. The van der Waals surface area contributed by atoms with Crippen LogP contribution in [0.15, 0.2) is 23.2 Å². The lowest BCUT2D eigenvalue weighted by Gasteiger charge is -2.20. The Bertz CT molecular complexity index is 597. The maximum Gasteiger partial charge on any atom is 0.191 e. The van der Waals surface area contributed by atoms with Crippen LogP contribution >= 0.6 is 24.0 Å². The van der Waals surface area contributed by atoms with E-state index >= 15 is 0 Å². The van der Waals surface area contributed by atoms with Gasteiger partial charge < -0.3 is 24.8 Å². The van der Waals surface area contributed by atoms with E-state index < -0.39 is 0 Å². The standard InChI is InChI=1S/C23H41N3O3.HI/c1-18(2)15-20(4)29-22-16-19(3)9-10-21(22)17-26-23(24-5)25-11-7-8-12-28-14-13-27-6;/h9-10,16,18,20H,7-8,11-15,17H2,1-6H3,(H2,24,25,26);1H. The maximum absolute atomic E-state index is 6.23. The summed E-state index contributed by atoms with van der Waals surface area (Å²) in [5.41, 5.74) is 2.34. The molecule has 1 aromatic rings. The molecule has 1 atom stereocenters. The van der Waals surface area contributed by atoms with Gasteiger partial charge in [-0.3, -0.25) is 4.99 Å². The number of benzene rings is 1. The van der Waals surface area contributed by atoms with Crippen molar-refractivity contribution in [3.63, 3.8) is 0 Å². The summed E-state index contributed by atoms with van der Waals surface area (Å²) in [6.07, 6.45) is 3.27. The number of nitrogens with one attached hydrogen (secondary N) is 2. The zero-order valence-electron chi connectivity index (χ0n) is 19.6. The number of hydrogen-bond donors (Lipinski definition) is 2. The number of nitrogens with zero attached hydrogens (tertiary/aromatic N) is 1. The van der Waals surface area contributed by atoms with Crippen LogP contribution in [0.4, 0.5) is 0 Å². The highest BCUT2D eigenvalue weighted by Crippen LogP contribution is 2.23. The average molecular weight is 536 g/mol. The highest BCUT2D eigenvalue weighted by Gasteiger charge is 2.11. The fraction of sp³-hybridized carbons (Fsp3) is 0.696. The minimum Gasteiger partial charge on any atom is -0.490 e. The number of halogens is 1. The van der Waals surface area contributed by atoms with Crippen LogP contribution in [0, 0.1) is 12.8 Å². The molecule has 0 saturated heterocycles. The molecule has 6 nitrogen and oxygen atoms in total. The first-order valence-corrected chi connectivity index (χ1v) is 10.7. The third-order valence-corrected chi connectivity index (χ3v) is 4.46. The lowest BCUT2D eigenvalue weighted by atomic mass is 10.1. The second-order valence-electron chi connectivity index (χ2n) is 7.83. The second-order valence-corrected chi connectivity index (χ2v) is 7.83. The Morgan fingerprint density at radius 3 is 2.50 bits per heavy atom. The number of unbranched alkanes of at least 4 members (excludes halogenated alkanes) is 1. The number of rotatable bonds is 14. The molecule has 0 fully saturated rings. The lowest BCUT2D eigenvalue weighted by Crippen LogP contribution is -2.37. The van der Waals surface area contributed by atoms with Gasteiger partial charge in [0, 0.05) is 39.4 Å². The molecule has 7 heteroatoms. The SMILES string of the molecule is CN=C(NCCCCOCCOC)NCc1ccc(C)cc1OC(C)CC(C)C.I. The largest absolute Gasteiger partial charge is 0.490 e. The molecule has 30 heavy (non-hydrogen) atoms. The summed E-state index contributed by atoms with van der Waals surface area (Å²) < 4.78 is 16.7. The number of aliphatic imine (C=N–C) groups is 1. The number of methoxy groups -OCH3 is 1. The van der Waals surface area contributed by atoms with Gasteiger partial charge in [-0.15, -0.1) is 24.0 Å². The maximum atomic E-state index is 6.23. The van der Waals surface area contributed by atoms with E-state index in [1.165, 1.54) is 5.56 Å². The summed E-state index contributed by atoms with van der Waals surface area (Å²) in [5.74, 6) is 2.37. The molecule has 0 aliphatic rings. The molecule has 0 radical (unpaired) electrons. The highest BCUT2D eigenvalue weighted by atomic mass is 127. The predicted octanol–water partition coefficient (Wildman–Crippen LogP) is 4.53. The number of ether oxygens (including phenoxy) is 3. The molecule has 0 amide bonds. The molecule has 0 saturated carbocycles. The molecule has 0 aliphatic heterocycles. The molecule has 0 heterocycles. The molecule has 1 rings (SSSR count). The van der Waals surface area contributed by atoms with Crippen molar-refractivity contribution in [3.8, 4) is 5.75 Å². The van der Waals surface area contributed by atoms with Crippen LogP contribution < -0.4 is 15.4 Å². The van der Waals surface area contributed by atoms with Crippen LogP contribution in [0.3, 0.4) is 0 Å². The third kappa shape index (κ3) is 13.3. The van der Waals surface area contributed by atoms with E-state index in [1.54, 1.807) is 14.2 Å². The average Bonchev–Trinajstić information content (AvgIpc) is 2.66. The van der Waals surface area contributed by atoms with Crippen molar-refractivity contribution in [2.45, 2.75) is 59.6 Å². The van der Waals surface area contributed by atoms with Crippen molar-refractivity contribution in [3.05, 3.63) is 29.3 Å². The Labute approximate surface area is 200 Å². The van der Waals surface area contributed by atoms with Crippen molar-refractivity contribution in [1.29, 1.82) is 0 Å². The Morgan fingerprint density at radius 1 is 1.07 bits per heavy atom. The first-order valence-electron chi connectivity index (χ1n) is 10.7. The van der Waals surface area contributed by atoms with E-state index in [2.05, 4.69) is 61.5 Å². The smallest absolute Gasteiger partial charge is 0.191 e. The molecule has 0 aromatic heterocycles. The summed E-state index contributed by atoms with van der Waals surface area (Å²) in [6.45, 7) is 12.3. The van der Waals surface area contributed by atoms with E-state index in [9.17, 15) is 0 Å². The van der Waals surface area contributed by atoms with Gasteiger partial charge in [-0.2, -0.15) is 0 Å². The molecule has 0 bridgehead atoms. The summed E-state index contributed by atoms with van der Waals surface area (Å²) >= 11 is 0. The van der Waals surface area contributed by atoms with Crippen LogP contribution in [-0.2, 0) is 16.0 Å². The molecular weight excluding hydrogens is 493 g/mol. The van der Waals surface area contributed by atoms with Gasteiger partial charge in [0.1, 0.15) is 5.75 Å².